The fourth-order valence-electron chi connectivity index (χ4n) is 1.88. The van der Waals surface area contributed by atoms with E-state index >= 15 is 0 Å². The van der Waals surface area contributed by atoms with Gasteiger partial charge in [-0.25, -0.2) is 4.79 Å². The van der Waals surface area contributed by atoms with E-state index in [-0.39, 0.29) is 17.0 Å². The second-order valence-electron chi connectivity index (χ2n) is 3.54. The van der Waals surface area contributed by atoms with Crippen molar-refractivity contribution in [2.45, 2.75) is 11.4 Å². The maximum atomic E-state index is 11.8. The van der Waals surface area contributed by atoms with E-state index in [2.05, 4.69) is 21.2 Å². The number of nitrogens with zero attached hydrogens (tertiary/aromatic N) is 1. The summed E-state index contributed by atoms with van der Waals surface area (Å²) in [6.45, 7) is 0. The van der Waals surface area contributed by atoms with Gasteiger partial charge in [-0.2, -0.15) is 0 Å². The van der Waals surface area contributed by atoms with E-state index in [0.29, 0.717) is 6.41 Å². The molecule has 0 aromatic carbocycles. The molecule has 3 atom stereocenters. The number of carbonyl (C=O) groups is 3. The monoisotopic (exact) mass is 336 g/mol. The highest BCUT2D eigenvalue weighted by molar-refractivity contribution is 9.09. The lowest BCUT2D eigenvalue weighted by atomic mass is 10.1. The van der Waals surface area contributed by atoms with Gasteiger partial charge in [0.2, 0.25) is 6.41 Å². The van der Waals surface area contributed by atoms with Crippen LogP contribution in [0.4, 0.5) is 0 Å². The third kappa shape index (κ3) is 1.97. The molecule has 1 saturated heterocycles. The Morgan fingerprint density at radius 2 is 2.44 bits per heavy atom. The number of fused-ring (bicyclic) bond motifs is 1. The first-order chi connectivity index (χ1) is 8.61. The molecule has 7 nitrogen and oxygen atoms in total. The van der Waals surface area contributed by atoms with Crippen molar-refractivity contribution in [1.82, 2.24) is 10.2 Å². The van der Waals surface area contributed by atoms with Crippen LogP contribution in [0.1, 0.15) is 0 Å². The number of halogens is 1. The predicted octanol–water partition coefficient (Wildman–Crippen LogP) is -1.19. The van der Waals surface area contributed by atoms with Crippen LogP contribution >= 0.6 is 15.9 Å². The number of rotatable bonds is 4. The molecular weight excluding hydrogens is 328 g/mol. The van der Waals surface area contributed by atoms with Gasteiger partial charge in [0.25, 0.3) is 5.91 Å². The number of amides is 2. The van der Waals surface area contributed by atoms with Crippen LogP contribution in [-0.4, -0.2) is 50.1 Å². The highest BCUT2D eigenvalue weighted by Gasteiger charge is 2.55. The normalized spacial score (nSPS) is 29.8. The molecule has 98 valence electrons. The minimum atomic E-state index is -1.33. The summed E-state index contributed by atoms with van der Waals surface area (Å²) >= 11 is 2.94. The average Bonchev–Trinajstić information content (AvgIpc) is 2.35. The van der Waals surface area contributed by atoms with E-state index in [1.165, 1.54) is 6.08 Å². The second-order valence-corrected chi connectivity index (χ2v) is 5.57. The number of ether oxygens (including phenoxy) is 1. The topological polar surface area (TPSA) is 92.8 Å². The molecule has 2 rings (SSSR count). The first kappa shape index (κ1) is 13.2. The van der Waals surface area contributed by atoms with Crippen LogP contribution in [0.25, 0.3) is 0 Å². The fraction of sp³-hybridized carbons (Fsp3) is 0.444. The molecule has 2 amide bonds. The summed E-state index contributed by atoms with van der Waals surface area (Å²) in [6.07, 6.45) is 1.79. The standard InChI is InChI=1S/C9H9BrN2O5S/c10-3-17-9(15)5-1-2-18(16)8-6(11-4-13)7(14)12(5)8/h1,4,6,8H,2-3H2,(H,11,13)/t6?,8-,18?/m0/s1. The van der Waals surface area contributed by atoms with Crippen molar-refractivity contribution < 1.29 is 23.3 Å². The number of esters is 1. The van der Waals surface area contributed by atoms with Gasteiger partial charge in [-0.1, -0.05) is 0 Å². The van der Waals surface area contributed by atoms with Crippen molar-refractivity contribution in [3.63, 3.8) is 0 Å². The van der Waals surface area contributed by atoms with Gasteiger partial charge in [0, 0.05) is 5.75 Å². The Hall–Kier alpha value is -1.22. The SMILES string of the molecule is O=CNC1C(=O)N2C(C(=O)OCBr)=CCS(=O)[C@@H]12. The van der Waals surface area contributed by atoms with Gasteiger partial charge < -0.3 is 10.1 Å². The van der Waals surface area contributed by atoms with Crippen LogP contribution in [0.15, 0.2) is 11.8 Å². The number of alkyl halides is 1. The van der Waals surface area contributed by atoms with Gasteiger partial charge in [0.05, 0.1) is 10.8 Å². The Labute approximate surface area is 113 Å². The number of hydrogen-bond acceptors (Lipinski definition) is 5. The lowest BCUT2D eigenvalue weighted by molar-refractivity contribution is -0.151. The number of nitrogens with one attached hydrogen (secondary N) is 1. The Kier molecular flexibility index (Phi) is 3.81. The van der Waals surface area contributed by atoms with Crippen LogP contribution in [-0.2, 0) is 29.9 Å². The first-order valence-electron chi connectivity index (χ1n) is 4.95. The van der Waals surface area contributed by atoms with Gasteiger partial charge >= 0.3 is 5.97 Å². The minimum absolute atomic E-state index is 0.00890. The third-order valence-electron chi connectivity index (χ3n) is 2.66. The summed E-state index contributed by atoms with van der Waals surface area (Å²) in [5, 5.41) is 1.61. The smallest absolute Gasteiger partial charge is 0.355 e. The van der Waals surface area contributed by atoms with E-state index in [4.69, 9.17) is 4.74 Å². The van der Waals surface area contributed by atoms with Gasteiger partial charge in [-0.15, -0.1) is 0 Å². The molecule has 1 fully saturated rings. The number of hydrogen-bond donors (Lipinski definition) is 1. The third-order valence-corrected chi connectivity index (χ3v) is 4.40. The summed E-state index contributed by atoms with van der Waals surface area (Å²) in [6, 6.07) is -0.830. The van der Waals surface area contributed by atoms with Gasteiger partial charge in [-0.05, 0) is 22.0 Å². The summed E-state index contributed by atoms with van der Waals surface area (Å²) in [5.74, 6) is -0.970. The molecular formula is C9H9BrN2O5S. The van der Waals surface area contributed by atoms with Gasteiger partial charge in [0.1, 0.15) is 22.6 Å². The summed E-state index contributed by atoms with van der Waals surface area (Å²) < 4.78 is 16.5. The highest BCUT2D eigenvalue weighted by atomic mass is 79.9. The maximum Gasteiger partial charge on any atom is 0.355 e. The van der Waals surface area contributed by atoms with E-state index in [9.17, 15) is 18.6 Å². The molecule has 0 saturated carbocycles. The molecule has 0 radical (unpaired) electrons. The maximum absolute atomic E-state index is 11.8. The van der Waals surface area contributed by atoms with Crippen molar-refractivity contribution >= 4 is 45.0 Å². The zero-order valence-electron chi connectivity index (χ0n) is 9.00. The van der Waals surface area contributed by atoms with E-state index in [1.807, 2.05) is 0 Å². The molecule has 2 aliphatic rings. The molecule has 0 aliphatic carbocycles. The molecule has 2 aliphatic heterocycles. The van der Waals surface area contributed by atoms with E-state index in [1.54, 1.807) is 0 Å². The van der Waals surface area contributed by atoms with Crippen LogP contribution in [0.5, 0.6) is 0 Å². The van der Waals surface area contributed by atoms with Crippen molar-refractivity contribution in [3.8, 4) is 0 Å². The molecule has 0 aromatic rings. The second kappa shape index (κ2) is 5.19. The summed E-state index contributed by atoms with van der Waals surface area (Å²) in [4.78, 5) is 34.8. The van der Waals surface area contributed by atoms with Crippen molar-refractivity contribution in [3.05, 3.63) is 11.8 Å². The molecule has 0 spiro atoms. The lowest BCUT2D eigenvalue weighted by Crippen LogP contribution is -2.72. The Bertz CT molecular complexity index is 466. The van der Waals surface area contributed by atoms with Crippen LogP contribution in [0.2, 0.25) is 0 Å². The first-order valence-corrected chi connectivity index (χ1v) is 7.45. The molecule has 0 bridgehead atoms. The number of β-lactam (4-membered cyclic amide) rings is 1. The van der Waals surface area contributed by atoms with E-state index < -0.39 is 34.1 Å². The molecule has 0 aromatic heterocycles. The van der Waals surface area contributed by atoms with Gasteiger partial charge in [0.15, 0.2) is 0 Å². The average molecular weight is 337 g/mol. The predicted molar refractivity (Wildman–Crippen MR) is 64.6 cm³/mol. The van der Waals surface area contributed by atoms with Gasteiger partial charge in [-0.3, -0.25) is 18.7 Å². The highest BCUT2D eigenvalue weighted by Crippen LogP contribution is 2.32. The molecule has 2 heterocycles. The van der Waals surface area contributed by atoms with Crippen molar-refractivity contribution in [2.24, 2.45) is 0 Å². The van der Waals surface area contributed by atoms with Crippen LogP contribution in [0, 0.1) is 0 Å². The summed E-state index contributed by atoms with van der Waals surface area (Å²) in [7, 11) is -1.33. The van der Waals surface area contributed by atoms with Crippen molar-refractivity contribution in [1.29, 1.82) is 0 Å². The Morgan fingerprint density at radius 1 is 1.72 bits per heavy atom. The number of carbonyl (C=O) groups excluding carboxylic acids is 3. The Morgan fingerprint density at radius 3 is 3.06 bits per heavy atom. The largest absolute Gasteiger partial charge is 0.449 e. The molecule has 18 heavy (non-hydrogen) atoms. The zero-order valence-corrected chi connectivity index (χ0v) is 11.4. The Balaban J connectivity index is 2.22. The quantitative estimate of drug-likeness (QED) is 0.301. The fourth-order valence-corrected chi connectivity index (χ4v) is 3.56. The van der Waals surface area contributed by atoms with Crippen LogP contribution in [0.3, 0.4) is 0 Å². The zero-order chi connectivity index (χ0) is 13.3. The molecule has 1 N–H and O–H groups in total. The van der Waals surface area contributed by atoms with Crippen LogP contribution < -0.4 is 5.32 Å². The van der Waals surface area contributed by atoms with E-state index in [0.717, 1.165) is 4.90 Å². The lowest BCUT2D eigenvalue weighted by Gasteiger charge is -2.47. The van der Waals surface area contributed by atoms with Crippen molar-refractivity contribution in [2.75, 3.05) is 11.3 Å². The summed E-state index contributed by atoms with van der Waals surface area (Å²) in [5.41, 5.74) is 0.0858. The molecule has 9 heteroatoms. The molecule has 2 unspecified atom stereocenters. The minimum Gasteiger partial charge on any atom is -0.449 e.